The Morgan fingerprint density at radius 3 is 2.60 bits per heavy atom. The summed E-state index contributed by atoms with van der Waals surface area (Å²) in [6, 6.07) is 2.02. The molecule has 1 aromatic heterocycles. The van der Waals surface area contributed by atoms with Gasteiger partial charge in [-0.25, -0.2) is 4.98 Å². The Labute approximate surface area is 105 Å². The van der Waals surface area contributed by atoms with E-state index in [1.54, 1.807) is 13.3 Å². The predicted molar refractivity (Wildman–Crippen MR) is 70.1 cm³/mol. The summed E-state index contributed by atoms with van der Waals surface area (Å²) < 4.78 is 6.49. The molecule has 0 bridgehead atoms. The van der Waals surface area contributed by atoms with Crippen LogP contribution in [0.2, 0.25) is 0 Å². The summed E-state index contributed by atoms with van der Waals surface area (Å²) >= 11 is 2.33. The first kappa shape index (κ1) is 12.7. The maximum Gasteiger partial charge on any atom is 0.218 e. The lowest BCUT2D eigenvalue weighted by Gasteiger charge is -2.19. The molecule has 0 aromatic carbocycles. The van der Waals surface area contributed by atoms with Gasteiger partial charge in [0, 0.05) is 21.9 Å². The highest BCUT2D eigenvalue weighted by Gasteiger charge is 2.11. The zero-order valence-corrected chi connectivity index (χ0v) is 11.6. The molecule has 0 amide bonds. The molecule has 0 aliphatic rings. The van der Waals surface area contributed by atoms with Gasteiger partial charge in [0.25, 0.3) is 0 Å². The van der Waals surface area contributed by atoms with Crippen molar-refractivity contribution in [1.82, 2.24) is 9.88 Å². The second kappa shape index (κ2) is 6.27. The Kier molecular flexibility index (Phi) is 5.31. The Balaban J connectivity index is 2.91. The lowest BCUT2D eigenvalue weighted by molar-refractivity contribution is 0.286. The molecule has 15 heavy (non-hydrogen) atoms. The lowest BCUT2D eigenvalue weighted by atomic mass is 10.2. The van der Waals surface area contributed by atoms with Gasteiger partial charge in [-0.1, -0.05) is 13.8 Å². The number of methoxy groups -OCH3 is 1. The largest absolute Gasteiger partial charge is 0.481 e. The van der Waals surface area contributed by atoms with Crippen molar-refractivity contribution in [2.45, 2.75) is 20.4 Å². The zero-order valence-electron chi connectivity index (χ0n) is 9.46. The normalized spacial score (nSPS) is 10.7. The van der Waals surface area contributed by atoms with Crippen molar-refractivity contribution < 1.29 is 4.74 Å². The molecule has 0 spiro atoms. The third-order valence-corrected chi connectivity index (χ3v) is 3.44. The molecule has 0 unspecified atom stereocenters. The topological polar surface area (TPSA) is 25.4 Å². The maximum atomic E-state index is 5.27. The third-order valence-electron chi connectivity index (χ3n) is 2.43. The first-order valence-corrected chi connectivity index (χ1v) is 6.20. The van der Waals surface area contributed by atoms with Gasteiger partial charge in [-0.15, -0.1) is 0 Å². The van der Waals surface area contributed by atoms with Gasteiger partial charge < -0.3 is 4.74 Å². The molecule has 1 heterocycles. The fraction of sp³-hybridized carbons (Fsp3) is 0.545. The van der Waals surface area contributed by atoms with Crippen LogP contribution in [-0.2, 0) is 6.54 Å². The van der Waals surface area contributed by atoms with Crippen LogP contribution in [0.4, 0.5) is 0 Å². The summed E-state index contributed by atoms with van der Waals surface area (Å²) in [5.41, 5.74) is 1.18. The van der Waals surface area contributed by atoms with Crippen molar-refractivity contribution in [2.24, 2.45) is 0 Å². The average molecular weight is 320 g/mol. The van der Waals surface area contributed by atoms with E-state index < -0.39 is 0 Å². The summed E-state index contributed by atoms with van der Waals surface area (Å²) in [5.74, 6) is 0.744. The summed E-state index contributed by atoms with van der Waals surface area (Å²) in [5, 5.41) is 0. The Bertz CT molecular complexity index is 313. The van der Waals surface area contributed by atoms with E-state index in [4.69, 9.17) is 4.74 Å². The van der Waals surface area contributed by atoms with Gasteiger partial charge in [-0.05, 0) is 41.7 Å². The van der Waals surface area contributed by atoms with Gasteiger partial charge in [0.2, 0.25) is 5.88 Å². The molecule has 0 radical (unpaired) electrons. The number of aromatic nitrogens is 1. The van der Waals surface area contributed by atoms with E-state index in [0.29, 0.717) is 0 Å². The lowest BCUT2D eigenvalue weighted by Crippen LogP contribution is -2.23. The Morgan fingerprint density at radius 1 is 1.40 bits per heavy atom. The molecule has 4 heteroatoms. The van der Waals surface area contributed by atoms with Crippen LogP contribution in [0.25, 0.3) is 0 Å². The molecule has 0 saturated carbocycles. The van der Waals surface area contributed by atoms with Crippen LogP contribution in [0.3, 0.4) is 0 Å². The first-order chi connectivity index (χ1) is 7.22. The molecule has 84 valence electrons. The molecule has 0 atom stereocenters. The fourth-order valence-corrected chi connectivity index (χ4v) is 2.00. The number of nitrogens with zero attached hydrogens (tertiary/aromatic N) is 2. The monoisotopic (exact) mass is 320 g/mol. The Morgan fingerprint density at radius 2 is 2.07 bits per heavy atom. The van der Waals surface area contributed by atoms with Gasteiger partial charge in [-0.2, -0.15) is 0 Å². The van der Waals surface area contributed by atoms with Crippen molar-refractivity contribution in [3.05, 3.63) is 21.4 Å². The summed E-state index contributed by atoms with van der Waals surface area (Å²) in [6.45, 7) is 7.33. The molecular weight excluding hydrogens is 303 g/mol. The van der Waals surface area contributed by atoms with E-state index in [1.165, 1.54) is 9.13 Å². The van der Waals surface area contributed by atoms with Crippen molar-refractivity contribution in [2.75, 3.05) is 20.2 Å². The first-order valence-electron chi connectivity index (χ1n) is 5.12. The van der Waals surface area contributed by atoms with Crippen LogP contribution in [-0.4, -0.2) is 30.1 Å². The SMILES string of the molecule is CCN(CC)Cc1c(I)ccnc1OC. The van der Waals surface area contributed by atoms with Gasteiger partial charge in [-0.3, -0.25) is 4.90 Å². The molecule has 0 aliphatic carbocycles. The van der Waals surface area contributed by atoms with Gasteiger partial charge in [0.1, 0.15) is 0 Å². The fourth-order valence-electron chi connectivity index (χ4n) is 1.44. The van der Waals surface area contributed by atoms with Crippen molar-refractivity contribution >= 4 is 22.6 Å². The number of halogens is 1. The van der Waals surface area contributed by atoms with E-state index in [-0.39, 0.29) is 0 Å². The molecule has 0 fully saturated rings. The average Bonchev–Trinajstić information content (AvgIpc) is 2.27. The van der Waals surface area contributed by atoms with Crippen molar-refractivity contribution in [1.29, 1.82) is 0 Å². The highest BCUT2D eigenvalue weighted by atomic mass is 127. The quantitative estimate of drug-likeness (QED) is 0.780. The Hall–Kier alpha value is -0.360. The van der Waals surface area contributed by atoms with Crippen LogP contribution in [0.15, 0.2) is 12.3 Å². The van der Waals surface area contributed by atoms with Crippen LogP contribution < -0.4 is 4.74 Å². The molecule has 1 rings (SSSR count). The smallest absolute Gasteiger partial charge is 0.218 e. The molecular formula is C11H17IN2O. The van der Waals surface area contributed by atoms with E-state index in [0.717, 1.165) is 25.5 Å². The van der Waals surface area contributed by atoms with E-state index in [1.807, 2.05) is 6.07 Å². The number of hydrogen-bond donors (Lipinski definition) is 0. The van der Waals surface area contributed by atoms with Gasteiger partial charge >= 0.3 is 0 Å². The van der Waals surface area contributed by atoms with Crippen LogP contribution in [0.5, 0.6) is 5.88 Å². The standard InChI is InChI=1S/C11H17IN2O/c1-4-14(5-2)8-9-10(12)6-7-13-11(9)15-3/h6-7H,4-5,8H2,1-3H3. The minimum Gasteiger partial charge on any atom is -0.481 e. The minimum absolute atomic E-state index is 0.744. The molecule has 0 aliphatic heterocycles. The summed E-state index contributed by atoms with van der Waals surface area (Å²) in [4.78, 5) is 6.57. The molecule has 3 nitrogen and oxygen atoms in total. The van der Waals surface area contributed by atoms with Crippen molar-refractivity contribution in [3.8, 4) is 5.88 Å². The number of hydrogen-bond acceptors (Lipinski definition) is 3. The van der Waals surface area contributed by atoms with Crippen LogP contribution in [0, 0.1) is 3.57 Å². The maximum absolute atomic E-state index is 5.27. The second-order valence-electron chi connectivity index (χ2n) is 3.24. The molecule has 1 aromatic rings. The third kappa shape index (κ3) is 3.31. The zero-order chi connectivity index (χ0) is 11.3. The molecule has 0 saturated heterocycles. The minimum atomic E-state index is 0.744. The highest BCUT2D eigenvalue weighted by molar-refractivity contribution is 14.1. The highest BCUT2D eigenvalue weighted by Crippen LogP contribution is 2.22. The predicted octanol–water partition coefficient (Wildman–Crippen LogP) is 2.54. The van der Waals surface area contributed by atoms with Gasteiger partial charge in [0.05, 0.1) is 7.11 Å². The van der Waals surface area contributed by atoms with Gasteiger partial charge in [0.15, 0.2) is 0 Å². The van der Waals surface area contributed by atoms with E-state index in [9.17, 15) is 0 Å². The number of rotatable bonds is 5. The van der Waals surface area contributed by atoms with Crippen LogP contribution in [0.1, 0.15) is 19.4 Å². The van der Waals surface area contributed by atoms with E-state index >= 15 is 0 Å². The number of pyridine rings is 1. The number of ether oxygens (including phenoxy) is 1. The molecule has 0 N–H and O–H groups in total. The van der Waals surface area contributed by atoms with Crippen molar-refractivity contribution in [3.63, 3.8) is 0 Å². The summed E-state index contributed by atoms with van der Waals surface area (Å²) in [6.07, 6.45) is 1.78. The van der Waals surface area contributed by atoms with Crippen LogP contribution >= 0.6 is 22.6 Å². The second-order valence-corrected chi connectivity index (χ2v) is 4.40. The van der Waals surface area contributed by atoms with E-state index in [2.05, 4.69) is 46.3 Å². The summed E-state index contributed by atoms with van der Waals surface area (Å²) in [7, 11) is 1.67.